The Hall–Kier alpha value is -2.68. The van der Waals surface area contributed by atoms with Crippen molar-refractivity contribution in [2.75, 3.05) is 18.4 Å². The molecule has 0 aliphatic carbocycles. The van der Waals surface area contributed by atoms with Crippen molar-refractivity contribution in [3.05, 3.63) is 63.8 Å². The van der Waals surface area contributed by atoms with Crippen LogP contribution in [-0.2, 0) is 12.7 Å². The summed E-state index contributed by atoms with van der Waals surface area (Å²) in [7, 11) is 0. The molecule has 1 aromatic carbocycles. The Kier molecular flexibility index (Phi) is 5.59. The van der Waals surface area contributed by atoms with Crippen molar-refractivity contribution in [2.45, 2.75) is 31.6 Å². The first kappa shape index (κ1) is 19.1. The van der Waals surface area contributed by atoms with E-state index >= 15 is 0 Å². The molecule has 0 radical (unpaired) electrons. The van der Waals surface area contributed by atoms with E-state index in [2.05, 4.69) is 15.2 Å². The number of hydrogen-bond acceptors (Lipinski definition) is 5. The van der Waals surface area contributed by atoms with Gasteiger partial charge in [-0.05, 0) is 30.5 Å². The average Bonchev–Trinajstić information content (AvgIpc) is 2.63. The van der Waals surface area contributed by atoms with E-state index in [0.29, 0.717) is 17.9 Å². The molecule has 0 bridgehead atoms. The third-order valence-electron chi connectivity index (χ3n) is 4.56. The smallest absolute Gasteiger partial charge is 0.367 e. The Balaban J connectivity index is 1.51. The number of aromatic nitrogens is 1. The molecule has 1 aliphatic heterocycles. The van der Waals surface area contributed by atoms with Gasteiger partial charge in [0, 0.05) is 31.7 Å². The van der Waals surface area contributed by atoms with Crippen LogP contribution in [0.5, 0.6) is 0 Å². The first-order valence-corrected chi connectivity index (χ1v) is 8.57. The Morgan fingerprint density at radius 2 is 1.96 bits per heavy atom. The minimum absolute atomic E-state index is 0.0588. The van der Waals surface area contributed by atoms with Crippen molar-refractivity contribution in [1.82, 2.24) is 9.88 Å². The van der Waals surface area contributed by atoms with Crippen molar-refractivity contribution in [1.29, 1.82) is 0 Å². The number of pyridine rings is 1. The molecular weight excluding hydrogens is 361 g/mol. The van der Waals surface area contributed by atoms with Crippen LogP contribution < -0.4 is 5.32 Å². The number of halogens is 3. The van der Waals surface area contributed by atoms with Gasteiger partial charge in [0.15, 0.2) is 0 Å². The van der Waals surface area contributed by atoms with Crippen LogP contribution in [0.3, 0.4) is 0 Å². The van der Waals surface area contributed by atoms with E-state index in [1.807, 2.05) is 0 Å². The first-order chi connectivity index (χ1) is 12.8. The van der Waals surface area contributed by atoms with Gasteiger partial charge in [-0.1, -0.05) is 18.2 Å². The summed E-state index contributed by atoms with van der Waals surface area (Å²) in [5.41, 5.74) is -0.0366. The van der Waals surface area contributed by atoms with Gasteiger partial charge in [0.2, 0.25) is 0 Å². The molecule has 3 rings (SSSR count). The molecule has 0 saturated carbocycles. The van der Waals surface area contributed by atoms with Crippen LogP contribution in [0.2, 0.25) is 0 Å². The highest BCUT2D eigenvalue weighted by Gasteiger charge is 2.30. The van der Waals surface area contributed by atoms with Crippen LogP contribution in [0.25, 0.3) is 0 Å². The Morgan fingerprint density at radius 1 is 1.22 bits per heavy atom. The molecule has 27 heavy (non-hydrogen) atoms. The maximum atomic E-state index is 12.8. The number of nitro groups is 1. The van der Waals surface area contributed by atoms with Crippen molar-refractivity contribution in [3.8, 4) is 0 Å². The van der Waals surface area contributed by atoms with Gasteiger partial charge in [0.1, 0.15) is 12.0 Å². The maximum absolute atomic E-state index is 12.8. The highest BCUT2D eigenvalue weighted by Crippen LogP contribution is 2.30. The Morgan fingerprint density at radius 3 is 2.56 bits per heavy atom. The summed E-state index contributed by atoms with van der Waals surface area (Å²) in [6, 6.07) is 8.58. The Labute approximate surface area is 154 Å². The lowest BCUT2D eigenvalue weighted by Crippen LogP contribution is -2.38. The second kappa shape index (κ2) is 7.91. The fraction of sp³-hybridized carbons (Fsp3) is 0.389. The lowest BCUT2D eigenvalue weighted by molar-refractivity contribution is -0.385. The molecule has 0 spiro atoms. The van der Waals surface area contributed by atoms with Gasteiger partial charge in [0.25, 0.3) is 5.69 Å². The largest absolute Gasteiger partial charge is 0.416 e. The summed E-state index contributed by atoms with van der Waals surface area (Å²) in [5.74, 6) is 0.580. The van der Waals surface area contributed by atoms with E-state index in [0.717, 1.165) is 32.0 Å². The molecule has 1 aromatic heterocycles. The minimum Gasteiger partial charge on any atom is -0.367 e. The number of likely N-dealkylation sites (tertiary alicyclic amines) is 1. The van der Waals surface area contributed by atoms with Crippen LogP contribution in [0.15, 0.2) is 42.6 Å². The third-order valence-corrected chi connectivity index (χ3v) is 4.56. The van der Waals surface area contributed by atoms with Crippen molar-refractivity contribution in [3.63, 3.8) is 0 Å². The lowest BCUT2D eigenvalue weighted by Gasteiger charge is -2.32. The van der Waals surface area contributed by atoms with Crippen molar-refractivity contribution >= 4 is 11.5 Å². The summed E-state index contributed by atoms with van der Waals surface area (Å²) in [5, 5.41) is 13.9. The van der Waals surface area contributed by atoms with E-state index in [1.165, 1.54) is 24.4 Å². The number of nitrogens with zero attached hydrogens (tertiary/aromatic N) is 3. The van der Waals surface area contributed by atoms with E-state index < -0.39 is 16.7 Å². The van der Waals surface area contributed by atoms with Gasteiger partial charge in [-0.3, -0.25) is 15.0 Å². The highest BCUT2D eigenvalue weighted by molar-refractivity contribution is 5.41. The normalized spacial score (nSPS) is 16.3. The van der Waals surface area contributed by atoms with Gasteiger partial charge in [-0.25, -0.2) is 4.98 Å². The monoisotopic (exact) mass is 380 g/mol. The van der Waals surface area contributed by atoms with Gasteiger partial charge < -0.3 is 5.32 Å². The number of benzene rings is 1. The molecule has 1 fully saturated rings. The highest BCUT2D eigenvalue weighted by atomic mass is 19.4. The van der Waals surface area contributed by atoms with E-state index in [1.54, 1.807) is 12.1 Å². The molecule has 9 heteroatoms. The van der Waals surface area contributed by atoms with E-state index in [4.69, 9.17) is 0 Å². The lowest BCUT2D eigenvalue weighted by atomic mass is 10.0. The second-order valence-electron chi connectivity index (χ2n) is 6.55. The molecule has 0 amide bonds. The first-order valence-electron chi connectivity index (χ1n) is 8.57. The summed E-state index contributed by atoms with van der Waals surface area (Å²) >= 11 is 0. The quantitative estimate of drug-likeness (QED) is 0.625. The fourth-order valence-electron chi connectivity index (χ4n) is 3.13. The molecule has 0 atom stereocenters. The summed E-state index contributed by atoms with van der Waals surface area (Å²) in [6.45, 7) is 1.98. The van der Waals surface area contributed by atoms with Crippen molar-refractivity contribution in [2.24, 2.45) is 0 Å². The molecule has 2 aromatic rings. The molecule has 1 aliphatic rings. The molecule has 2 heterocycles. The van der Waals surface area contributed by atoms with E-state index in [9.17, 15) is 23.3 Å². The number of anilines is 1. The molecule has 0 unspecified atom stereocenters. The number of nitrogens with one attached hydrogen (secondary N) is 1. The van der Waals surface area contributed by atoms with Crippen molar-refractivity contribution < 1.29 is 18.1 Å². The number of rotatable bonds is 5. The van der Waals surface area contributed by atoms with Crippen LogP contribution in [0.4, 0.5) is 24.7 Å². The molecule has 1 saturated heterocycles. The zero-order valence-electron chi connectivity index (χ0n) is 14.4. The van der Waals surface area contributed by atoms with Crippen LogP contribution in [0, 0.1) is 10.1 Å². The van der Waals surface area contributed by atoms with Gasteiger partial charge in [-0.15, -0.1) is 0 Å². The molecule has 1 N–H and O–H groups in total. The predicted octanol–water partition coefficient (Wildman–Crippen LogP) is 4.09. The van der Waals surface area contributed by atoms with E-state index in [-0.39, 0.29) is 11.7 Å². The molecule has 6 nitrogen and oxygen atoms in total. The van der Waals surface area contributed by atoms with Crippen LogP contribution in [-0.4, -0.2) is 33.9 Å². The summed E-state index contributed by atoms with van der Waals surface area (Å²) in [6.07, 6.45) is -1.48. The minimum atomic E-state index is -4.33. The number of hydrogen-bond donors (Lipinski definition) is 1. The summed E-state index contributed by atoms with van der Waals surface area (Å²) in [4.78, 5) is 16.3. The maximum Gasteiger partial charge on any atom is 0.416 e. The van der Waals surface area contributed by atoms with Crippen LogP contribution in [0.1, 0.15) is 24.0 Å². The van der Waals surface area contributed by atoms with Gasteiger partial charge in [0.05, 0.1) is 10.5 Å². The standard InChI is InChI=1S/C18H19F3N4O2/c19-18(20,21)14-3-1-2-13(10-14)12-24-8-6-15(7-9-24)23-17-5-4-16(11-22-17)25(26)27/h1-5,10-11,15H,6-9,12H2,(H,22,23). The molecule has 144 valence electrons. The van der Waals surface area contributed by atoms with Gasteiger partial charge >= 0.3 is 6.18 Å². The average molecular weight is 380 g/mol. The SMILES string of the molecule is O=[N+]([O-])c1ccc(NC2CCN(Cc3cccc(C(F)(F)F)c3)CC2)nc1. The number of piperidine rings is 1. The predicted molar refractivity (Wildman–Crippen MR) is 94.3 cm³/mol. The molecular formula is C18H19F3N4O2. The fourth-order valence-corrected chi connectivity index (χ4v) is 3.13. The summed E-state index contributed by atoms with van der Waals surface area (Å²) < 4.78 is 38.4. The second-order valence-corrected chi connectivity index (χ2v) is 6.55. The number of alkyl halides is 3. The third kappa shape index (κ3) is 5.16. The Bertz CT molecular complexity index is 788. The topological polar surface area (TPSA) is 71.3 Å². The zero-order valence-corrected chi connectivity index (χ0v) is 14.4. The zero-order chi connectivity index (χ0) is 19.4. The van der Waals surface area contributed by atoms with Gasteiger partial charge in [-0.2, -0.15) is 13.2 Å². The van der Waals surface area contributed by atoms with Crippen LogP contribution >= 0.6 is 0 Å².